The molecular formula is C34H31F3N6O8S2. The van der Waals surface area contributed by atoms with Crippen LogP contribution in [0.3, 0.4) is 0 Å². The Balaban J connectivity index is 0.000000815. The summed E-state index contributed by atoms with van der Waals surface area (Å²) in [5.74, 6) is -4.18. The second-order valence-electron chi connectivity index (χ2n) is 11.3. The molecule has 0 aromatic heterocycles. The van der Waals surface area contributed by atoms with Gasteiger partial charge in [-0.1, -0.05) is 72.8 Å². The first-order chi connectivity index (χ1) is 24.9. The quantitative estimate of drug-likeness (QED) is 0.0624. The van der Waals surface area contributed by atoms with Crippen molar-refractivity contribution in [3.05, 3.63) is 124 Å². The van der Waals surface area contributed by atoms with Crippen LogP contribution < -0.4 is 20.7 Å². The van der Waals surface area contributed by atoms with Gasteiger partial charge in [-0.25, -0.2) is 17.9 Å². The van der Waals surface area contributed by atoms with E-state index in [1.165, 1.54) is 28.8 Å². The zero-order valence-electron chi connectivity index (χ0n) is 27.4. The van der Waals surface area contributed by atoms with Gasteiger partial charge in [-0.2, -0.15) is 13.2 Å². The van der Waals surface area contributed by atoms with Crippen LogP contribution in [0.15, 0.2) is 102 Å². The highest BCUT2D eigenvalue weighted by Gasteiger charge is 2.38. The van der Waals surface area contributed by atoms with Crippen molar-refractivity contribution in [1.29, 1.82) is 5.41 Å². The maximum atomic E-state index is 14.0. The molecule has 0 saturated heterocycles. The molecule has 0 bridgehead atoms. The minimum atomic E-state index is -5.08. The topological polar surface area (TPSA) is 226 Å². The maximum Gasteiger partial charge on any atom is 0.490 e. The van der Waals surface area contributed by atoms with Gasteiger partial charge in [0.15, 0.2) is 0 Å². The Morgan fingerprint density at radius 1 is 0.981 bits per heavy atom. The van der Waals surface area contributed by atoms with Crippen molar-refractivity contribution >= 4 is 56.8 Å². The molecule has 0 spiro atoms. The third kappa shape index (κ3) is 11.3. The number of non-ortho nitro benzene ring substituents is 1. The number of nitrogens with two attached hydrogens (primary N) is 1. The fourth-order valence-corrected chi connectivity index (χ4v) is 7.37. The van der Waals surface area contributed by atoms with E-state index in [9.17, 15) is 41.3 Å². The SMILES string of the molecule is N=C(N)c1ccc(CNC(=O)CN2C(=O)[C@H](NS(=O)(=O)Cc3ccccc3)CSc3ccc(-c4cccc([N+](=O)[O-])c4)cc32)cc1.O=C(O)C(F)(F)F. The number of rotatable bonds is 11. The molecule has 4 aromatic rings. The van der Waals surface area contributed by atoms with Crippen molar-refractivity contribution in [3.63, 3.8) is 0 Å². The van der Waals surface area contributed by atoms with E-state index in [0.717, 1.165) is 5.56 Å². The number of alkyl halides is 3. The Morgan fingerprint density at radius 2 is 1.62 bits per heavy atom. The maximum absolute atomic E-state index is 14.0. The number of carboxylic acid groups (broad SMARTS) is 1. The van der Waals surface area contributed by atoms with E-state index >= 15 is 0 Å². The van der Waals surface area contributed by atoms with E-state index in [-0.39, 0.29) is 29.6 Å². The molecule has 4 aromatic carbocycles. The van der Waals surface area contributed by atoms with Crippen molar-refractivity contribution in [2.24, 2.45) is 5.73 Å². The summed E-state index contributed by atoms with van der Waals surface area (Å²) in [7, 11) is -3.94. The number of hydrogen-bond acceptors (Lipinski definition) is 9. The van der Waals surface area contributed by atoms with Gasteiger partial charge in [-0.05, 0) is 34.4 Å². The molecule has 1 aliphatic heterocycles. The van der Waals surface area contributed by atoms with Crippen LogP contribution in [0.4, 0.5) is 24.5 Å². The van der Waals surface area contributed by atoms with Crippen molar-refractivity contribution in [3.8, 4) is 11.1 Å². The number of sulfonamides is 1. The first kappa shape index (κ1) is 40.0. The molecule has 1 aliphatic rings. The molecule has 0 fully saturated rings. The number of nitrogens with one attached hydrogen (secondary N) is 3. The monoisotopic (exact) mass is 772 g/mol. The van der Waals surface area contributed by atoms with Gasteiger partial charge < -0.3 is 21.1 Å². The molecule has 0 unspecified atom stereocenters. The first-order valence-electron chi connectivity index (χ1n) is 15.3. The summed E-state index contributed by atoms with van der Waals surface area (Å²) >= 11 is 1.27. The largest absolute Gasteiger partial charge is 0.490 e. The first-order valence-corrected chi connectivity index (χ1v) is 17.9. The number of thioether (sulfide) groups is 1. The lowest BCUT2D eigenvalue weighted by molar-refractivity contribution is -0.384. The van der Waals surface area contributed by atoms with Crippen molar-refractivity contribution < 1.29 is 46.0 Å². The minimum absolute atomic E-state index is 0.0785. The van der Waals surface area contributed by atoms with E-state index in [4.69, 9.17) is 21.0 Å². The van der Waals surface area contributed by atoms with E-state index in [0.29, 0.717) is 32.8 Å². The van der Waals surface area contributed by atoms with E-state index < -0.39 is 51.5 Å². The van der Waals surface area contributed by atoms with Crippen LogP contribution in [-0.2, 0) is 36.7 Å². The number of nitrogens with zero attached hydrogens (tertiary/aromatic N) is 2. The highest BCUT2D eigenvalue weighted by atomic mass is 32.2. The van der Waals surface area contributed by atoms with Gasteiger partial charge in [0.1, 0.15) is 18.4 Å². The van der Waals surface area contributed by atoms with E-state index in [1.807, 2.05) is 0 Å². The zero-order chi connectivity index (χ0) is 38.9. The molecular weight excluding hydrogens is 742 g/mol. The number of halogens is 3. The number of carbonyl (C=O) groups excluding carboxylic acids is 2. The summed E-state index contributed by atoms with van der Waals surface area (Å²) in [5.41, 5.74) is 8.76. The van der Waals surface area contributed by atoms with Crippen LogP contribution in [0.1, 0.15) is 16.7 Å². The number of amides is 2. The van der Waals surface area contributed by atoms with Gasteiger partial charge in [0.05, 0.1) is 16.4 Å². The molecule has 2 amide bonds. The normalized spacial score (nSPS) is 14.2. The number of carboxylic acids is 1. The Hall–Kier alpha value is -5.79. The lowest BCUT2D eigenvalue weighted by atomic mass is 10.0. The summed E-state index contributed by atoms with van der Waals surface area (Å²) in [6, 6.07) is 25.5. The molecule has 1 heterocycles. The number of anilines is 1. The number of nitro groups is 1. The number of nitrogen functional groups attached to an aromatic ring is 1. The average molecular weight is 773 g/mol. The van der Waals surface area contributed by atoms with Gasteiger partial charge in [0, 0.05) is 34.9 Å². The highest BCUT2D eigenvalue weighted by molar-refractivity contribution is 7.99. The van der Waals surface area contributed by atoms with Crippen molar-refractivity contribution in [1.82, 2.24) is 10.0 Å². The number of hydrogen-bond donors (Lipinski definition) is 5. The molecule has 0 saturated carbocycles. The van der Waals surface area contributed by atoms with Gasteiger partial charge in [-0.3, -0.25) is 25.1 Å². The third-order valence-electron chi connectivity index (χ3n) is 7.43. The van der Waals surface area contributed by atoms with Crippen LogP contribution in [0, 0.1) is 15.5 Å². The summed E-state index contributed by atoms with van der Waals surface area (Å²) < 4.78 is 60.5. The summed E-state index contributed by atoms with van der Waals surface area (Å²) in [4.78, 5) is 49.0. The zero-order valence-corrected chi connectivity index (χ0v) is 29.0. The predicted molar refractivity (Wildman–Crippen MR) is 191 cm³/mol. The van der Waals surface area contributed by atoms with Gasteiger partial charge in [0.2, 0.25) is 21.8 Å². The average Bonchev–Trinajstić information content (AvgIpc) is 3.23. The third-order valence-corrected chi connectivity index (χ3v) is 9.94. The van der Waals surface area contributed by atoms with Crippen LogP contribution >= 0.6 is 11.8 Å². The molecule has 53 heavy (non-hydrogen) atoms. The lowest BCUT2D eigenvalue weighted by Crippen LogP contribution is -2.51. The Labute approximate surface area is 304 Å². The summed E-state index contributed by atoms with van der Waals surface area (Å²) in [6.07, 6.45) is -5.08. The molecule has 1 atom stereocenters. The number of benzene rings is 4. The van der Waals surface area contributed by atoms with Gasteiger partial charge in [-0.15, -0.1) is 11.8 Å². The summed E-state index contributed by atoms with van der Waals surface area (Å²) in [5, 5.41) is 28.8. The number of fused-ring (bicyclic) bond motifs is 1. The Morgan fingerprint density at radius 3 is 2.23 bits per heavy atom. The minimum Gasteiger partial charge on any atom is -0.475 e. The molecule has 5 rings (SSSR count). The second-order valence-corrected chi connectivity index (χ2v) is 14.1. The number of aliphatic carboxylic acids is 1. The predicted octanol–water partition coefficient (Wildman–Crippen LogP) is 4.42. The molecule has 0 aliphatic carbocycles. The van der Waals surface area contributed by atoms with E-state index in [2.05, 4.69) is 10.0 Å². The molecule has 0 radical (unpaired) electrons. The van der Waals surface area contributed by atoms with Gasteiger partial charge >= 0.3 is 12.1 Å². The van der Waals surface area contributed by atoms with Crippen LogP contribution in [0.2, 0.25) is 0 Å². The smallest absolute Gasteiger partial charge is 0.475 e. The van der Waals surface area contributed by atoms with Crippen LogP contribution in [0.5, 0.6) is 0 Å². The van der Waals surface area contributed by atoms with E-state index in [1.54, 1.807) is 84.9 Å². The van der Waals surface area contributed by atoms with Crippen molar-refractivity contribution in [2.75, 3.05) is 17.2 Å². The molecule has 278 valence electrons. The fraction of sp³-hybridized carbons (Fsp3) is 0.176. The Bertz CT molecular complexity index is 2120. The van der Waals surface area contributed by atoms with Crippen molar-refractivity contribution in [2.45, 2.75) is 29.4 Å². The number of carbonyl (C=O) groups is 3. The molecule has 6 N–H and O–H groups in total. The number of nitro benzene ring substituents is 1. The van der Waals surface area contributed by atoms with Crippen LogP contribution in [-0.4, -0.2) is 66.6 Å². The molecule has 14 nitrogen and oxygen atoms in total. The molecule has 19 heteroatoms. The van der Waals surface area contributed by atoms with Crippen LogP contribution in [0.25, 0.3) is 11.1 Å². The second kappa shape index (κ2) is 17.2. The van der Waals surface area contributed by atoms with Gasteiger partial charge in [0.25, 0.3) is 5.69 Å². The summed E-state index contributed by atoms with van der Waals surface area (Å²) in [6.45, 7) is -0.269. The lowest BCUT2D eigenvalue weighted by Gasteiger charge is -2.26. The highest BCUT2D eigenvalue weighted by Crippen LogP contribution is 2.38. The Kier molecular flexibility index (Phi) is 12.9. The fourth-order valence-electron chi connectivity index (χ4n) is 4.88. The standard InChI is InChI=1S/C32H30N6O6S2.C2HF3O2/c33-31(34)23-11-9-21(10-12-23)17-35-30(39)18-37-28-16-25(24-7-4-8-26(15-24)38(41)42)13-14-29(28)45-19-27(32(37)40)36-46(43,44)20-22-5-2-1-3-6-22;3-2(4,5)1(6)7/h1-16,27,36H,17-20H2,(H3,33,34)(H,35,39);(H,6,7)/t27-;/m1./s1. The number of amidine groups is 1.